The molecule has 0 saturated heterocycles. The molecule has 0 unspecified atom stereocenters. The molecule has 0 aliphatic heterocycles. The number of aromatic nitrogens is 1. The Labute approximate surface area is 214 Å². The number of carbonyl (C=O) groups excluding carboxylic acids is 1. The van der Waals surface area contributed by atoms with Gasteiger partial charge in [-0.1, -0.05) is 96.5 Å². The molecule has 0 fully saturated rings. The number of Topliss-reactive ketones (excluding diaryl/α,β-unsaturated/α-hetero) is 1. The predicted octanol–water partition coefficient (Wildman–Crippen LogP) is 8.02. The van der Waals surface area contributed by atoms with Gasteiger partial charge < -0.3 is 5.32 Å². The number of hydrogen-bond donors (Lipinski definition) is 1. The van der Waals surface area contributed by atoms with Crippen LogP contribution in [0.25, 0.3) is 32.3 Å². The van der Waals surface area contributed by atoms with Crippen LogP contribution in [0.5, 0.6) is 0 Å². The van der Waals surface area contributed by atoms with Gasteiger partial charge in [-0.15, -0.1) is 11.3 Å². The van der Waals surface area contributed by atoms with Crippen LogP contribution in [0.2, 0.25) is 5.02 Å². The fourth-order valence-corrected chi connectivity index (χ4v) is 5.07. The first-order valence-electron chi connectivity index (χ1n) is 11.4. The normalized spacial score (nSPS) is 10.8. The van der Waals surface area contributed by atoms with Crippen molar-refractivity contribution in [3.05, 3.63) is 120 Å². The molecule has 5 heteroatoms. The molecule has 0 aliphatic rings. The van der Waals surface area contributed by atoms with Gasteiger partial charge in [-0.3, -0.25) is 4.79 Å². The van der Waals surface area contributed by atoms with Gasteiger partial charge in [0, 0.05) is 28.3 Å². The number of nitrogens with one attached hydrogen (secondary N) is 1. The third kappa shape index (κ3) is 5.68. The van der Waals surface area contributed by atoms with Crippen LogP contribution in [0, 0.1) is 0 Å². The quantitative estimate of drug-likeness (QED) is 0.237. The van der Waals surface area contributed by atoms with Crippen molar-refractivity contribution in [2.45, 2.75) is 6.42 Å². The molecule has 0 saturated carbocycles. The van der Waals surface area contributed by atoms with E-state index < -0.39 is 0 Å². The lowest BCUT2D eigenvalue weighted by Crippen LogP contribution is -2.15. The Bertz CT molecular complexity index is 1360. The number of hydrogen-bond acceptors (Lipinski definition) is 4. The highest BCUT2D eigenvalue weighted by Crippen LogP contribution is 2.40. The summed E-state index contributed by atoms with van der Waals surface area (Å²) in [5, 5.41) is 4.79. The molecule has 0 aliphatic carbocycles. The molecule has 5 aromatic rings. The maximum absolute atomic E-state index is 12.5. The number of anilines is 1. The lowest BCUT2D eigenvalue weighted by Gasteiger charge is -2.06. The number of rotatable bonds is 8. The average molecular weight is 495 g/mol. The molecule has 4 aromatic carbocycles. The van der Waals surface area contributed by atoms with Gasteiger partial charge in [0.1, 0.15) is 5.01 Å². The zero-order valence-corrected chi connectivity index (χ0v) is 20.5. The molecular formula is C30H23ClN2OS. The van der Waals surface area contributed by atoms with Crippen LogP contribution < -0.4 is 5.32 Å². The van der Waals surface area contributed by atoms with Gasteiger partial charge >= 0.3 is 0 Å². The van der Waals surface area contributed by atoms with E-state index in [2.05, 4.69) is 53.8 Å². The van der Waals surface area contributed by atoms with E-state index in [0.717, 1.165) is 43.5 Å². The molecule has 3 nitrogen and oxygen atoms in total. The van der Waals surface area contributed by atoms with Crippen molar-refractivity contribution in [2.75, 3.05) is 11.9 Å². The lowest BCUT2D eigenvalue weighted by molar-refractivity contribution is -0.116. The summed E-state index contributed by atoms with van der Waals surface area (Å²) in [7, 11) is 0. The fraction of sp³-hybridized carbons (Fsp3) is 0.0667. The summed E-state index contributed by atoms with van der Waals surface area (Å²) < 4.78 is 0. The standard InChI is InChI=1S/C30H23ClN2OS/c31-25-15-17-26(18-16-25)32-20-27(34)19-21-11-13-24(14-12-21)30-33-28(22-7-3-1-4-8-22)29(35-30)23-9-5-2-6-10-23/h1-18,32H,19-20H2. The van der Waals surface area contributed by atoms with Gasteiger partial charge in [0.25, 0.3) is 0 Å². The summed E-state index contributed by atoms with van der Waals surface area (Å²) in [6.45, 7) is 0.275. The second kappa shape index (κ2) is 10.7. The van der Waals surface area contributed by atoms with Gasteiger partial charge in [0.2, 0.25) is 0 Å². The predicted molar refractivity (Wildman–Crippen MR) is 147 cm³/mol. The van der Waals surface area contributed by atoms with Crippen molar-refractivity contribution in [1.29, 1.82) is 0 Å². The van der Waals surface area contributed by atoms with E-state index >= 15 is 0 Å². The molecule has 1 N–H and O–H groups in total. The number of thiazole rings is 1. The minimum Gasteiger partial charge on any atom is -0.378 e. The van der Waals surface area contributed by atoms with E-state index in [1.54, 1.807) is 23.5 Å². The Morgan fingerprint density at radius 1 is 0.743 bits per heavy atom. The first-order valence-corrected chi connectivity index (χ1v) is 12.6. The SMILES string of the molecule is O=C(CNc1ccc(Cl)cc1)Cc1ccc(-c2nc(-c3ccccc3)c(-c3ccccc3)s2)cc1. The van der Waals surface area contributed by atoms with Gasteiger partial charge in [0.15, 0.2) is 5.78 Å². The van der Waals surface area contributed by atoms with Crippen LogP contribution in [-0.2, 0) is 11.2 Å². The summed E-state index contributed by atoms with van der Waals surface area (Å²) in [6.07, 6.45) is 0.378. The summed E-state index contributed by atoms with van der Waals surface area (Å²) in [5.74, 6) is 0.125. The average Bonchev–Trinajstić information content (AvgIpc) is 3.35. The molecule has 1 heterocycles. The van der Waals surface area contributed by atoms with Crippen molar-refractivity contribution < 1.29 is 4.79 Å². The molecule has 0 spiro atoms. The smallest absolute Gasteiger partial charge is 0.156 e. The summed E-state index contributed by atoms with van der Waals surface area (Å²) in [5.41, 5.74) is 6.16. The Morgan fingerprint density at radius 3 is 2.03 bits per heavy atom. The zero-order chi connectivity index (χ0) is 24.0. The van der Waals surface area contributed by atoms with Crippen LogP contribution >= 0.6 is 22.9 Å². The van der Waals surface area contributed by atoms with Crippen molar-refractivity contribution in [2.24, 2.45) is 0 Å². The number of carbonyl (C=O) groups is 1. The molecule has 1 aromatic heterocycles. The minimum absolute atomic E-state index is 0.125. The third-order valence-electron chi connectivity index (χ3n) is 5.65. The van der Waals surface area contributed by atoms with Crippen LogP contribution in [-0.4, -0.2) is 17.3 Å². The first-order chi connectivity index (χ1) is 17.2. The van der Waals surface area contributed by atoms with Gasteiger partial charge in [0.05, 0.1) is 17.1 Å². The number of ketones is 1. The molecule has 0 amide bonds. The topological polar surface area (TPSA) is 42.0 Å². The highest BCUT2D eigenvalue weighted by Gasteiger charge is 2.16. The maximum atomic E-state index is 12.5. The summed E-state index contributed by atoms with van der Waals surface area (Å²) in [6, 6.07) is 36.1. The van der Waals surface area contributed by atoms with E-state index in [9.17, 15) is 4.79 Å². The minimum atomic E-state index is 0.125. The Hall–Kier alpha value is -3.73. The number of nitrogens with zero attached hydrogens (tertiary/aromatic N) is 1. The Balaban J connectivity index is 1.33. The van der Waals surface area contributed by atoms with E-state index in [4.69, 9.17) is 16.6 Å². The van der Waals surface area contributed by atoms with E-state index in [-0.39, 0.29) is 12.3 Å². The molecule has 0 atom stereocenters. The highest BCUT2D eigenvalue weighted by atomic mass is 35.5. The number of halogens is 1. The first kappa shape index (κ1) is 23.0. The van der Waals surface area contributed by atoms with Gasteiger partial charge in [-0.25, -0.2) is 4.98 Å². The number of benzene rings is 4. The molecule has 0 radical (unpaired) electrons. The van der Waals surface area contributed by atoms with Crippen LogP contribution in [0.4, 0.5) is 5.69 Å². The van der Waals surface area contributed by atoms with Crippen molar-refractivity contribution in [1.82, 2.24) is 4.98 Å². The molecule has 35 heavy (non-hydrogen) atoms. The molecule has 172 valence electrons. The zero-order valence-electron chi connectivity index (χ0n) is 18.9. The van der Waals surface area contributed by atoms with E-state index in [1.165, 1.54) is 0 Å². The van der Waals surface area contributed by atoms with Crippen LogP contribution in [0.1, 0.15) is 5.56 Å². The van der Waals surface area contributed by atoms with Gasteiger partial charge in [-0.2, -0.15) is 0 Å². The maximum Gasteiger partial charge on any atom is 0.156 e. The lowest BCUT2D eigenvalue weighted by atomic mass is 10.1. The van der Waals surface area contributed by atoms with Gasteiger partial charge in [-0.05, 0) is 35.4 Å². The summed E-state index contributed by atoms with van der Waals surface area (Å²) >= 11 is 7.60. The van der Waals surface area contributed by atoms with Crippen LogP contribution in [0.3, 0.4) is 0 Å². The fourth-order valence-electron chi connectivity index (χ4n) is 3.84. The van der Waals surface area contributed by atoms with Crippen molar-refractivity contribution in [3.63, 3.8) is 0 Å². The van der Waals surface area contributed by atoms with Crippen molar-refractivity contribution in [3.8, 4) is 32.3 Å². The Morgan fingerprint density at radius 2 is 1.37 bits per heavy atom. The second-order valence-electron chi connectivity index (χ2n) is 8.20. The Kier molecular flexibility index (Phi) is 7.03. The van der Waals surface area contributed by atoms with E-state index in [1.807, 2.05) is 48.5 Å². The molecular weight excluding hydrogens is 472 g/mol. The van der Waals surface area contributed by atoms with Crippen LogP contribution in [0.15, 0.2) is 109 Å². The summed E-state index contributed by atoms with van der Waals surface area (Å²) in [4.78, 5) is 18.6. The second-order valence-corrected chi connectivity index (χ2v) is 9.64. The van der Waals surface area contributed by atoms with Crippen molar-refractivity contribution >= 4 is 34.4 Å². The third-order valence-corrected chi connectivity index (χ3v) is 7.05. The van der Waals surface area contributed by atoms with E-state index in [0.29, 0.717) is 11.4 Å². The molecule has 5 rings (SSSR count). The monoisotopic (exact) mass is 494 g/mol. The highest BCUT2D eigenvalue weighted by molar-refractivity contribution is 7.19. The molecule has 0 bridgehead atoms. The largest absolute Gasteiger partial charge is 0.378 e.